The number of pyridine rings is 1. The van der Waals surface area contributed by atoms with E-state index in [1.165, 1.54) is 25.4 Å². The second kappa shape index (κ2) is 10.2. The van der Waals surface area contributed by atoms with Gasteiger partial charge in [-0.3, -0.25) is 4.79 Å². The number of benzene rings is 2. The molecule has 0 fully saturated rings. The van der Waals surface area contributed by atoms with Crippen LogP contribution in [0.3, 0.4) is 0 Å². The van der Waals surface area contributed by atoms with Crippen molar-refractivity contribution in [1.82, 2.24) is 9.88 Å². The van der Waals surface area contributed by atoms with Crippen molar-refractivity contribution < 1.29 is 19.1 Å². The van der Waals surface area contributed by atoms with Crippen molar-refractivity contribution in [1.29, 1.82) is 0 Å². The van der Waals surface area contributed by atoms with E-state index in [0.717, 1.165) is 11.3 Å². The molecule has 4 aromatic rings. The van der Waals surface area contributed by atoms with Crippen molar-refractivity contribution in [3.8, 4) is 17.2 Å². The lowest BCUT2D eigenvalue weighted by Crippen LogP contribution is -2.37. The number of carbonyl (C=O) groups excluding carboxylic acids is 2. The van der Waals surface area contributed by atoms with Crippen LogP contribution in [0.25, 0.3) is 5.69 Å². The van der Waals surface area contributed by atoms with E-state index in [1.54, 1.807) is 30.3 Å². The second-order valence-corrected chi connectivity index (χ2v) is 7.97. The van der Waals surface area contributed by atoms with Gasteiger partial charge in [0.2, 0.25) is 0 Å². The standard InChI is InChI=1S/C25H22ClN5O4/c1-16-13-21(22(15-20(16)26)30-10-3-4-11-30)29-25(33)28-17-5-7-18(8-6-17)35-19-9-12-31(34)23(14-19)24(32)27-2/h3-15H,1-2H3,(H,27,32)(H2,28,29,33). The molecule has 2 aromatic carbocycles. The van der Waals surface area contributed by atoms with Crippen molar-refractivity contribution in [2.75, 3.05) is 17.7 Å². The number of anilines is 2. The number of amides is 3. The smallest absolute Gasteiger partial charge is 0.323 e. The zero-order chi connectivity index (χ0) is 24.9. The highest BCUT2D eigenvalue weighted by molar-refractivity contribution is 6.31. The Hall–Kier alpha value is -4.50. The predicted molar refractivity (Wildman–Crippen MR) is 133 cm³/mol. The van der Waals surface area contributed by atoms with Gasteiger partial charge >= 0.3 is 11.9 Å². The van der Waals surface area contributed by atoms with E-state index in [9.17, 15) is 14.8 Å². The van der Waals surface area contributed by atoms with E-state index < -0.39 is 11.9 Å². The summed E-state index contributed by atoms with van der Waals surface area (Å²) in [6, 6.07) is 16.4. The number of ether oxygens (including phenoxy) is 1. The highest BCUT2D eigenvalue weighted by Crippen LogP contribution is 2.28. The number of halogens is 1. The summed E-state index contributed by atoms with van der Waals surface area (Å²) in [5.74, 6) is 0.266. The van der Waals surface area contributed by atoms with Crippen LogP contribution in [0.5, 0.6) is 11.5 Å². The number of nitrogens with one attached hydrogen (secondary N) is 3. The third-order valence-corrected chi connectivity index (χ3v) is 5.51. The molecule has 0 atom stereocenters. The predicted octanol–water partition coefficient (Wildman–Crippen LogP) is 4.87. The molecule has 0 unspecified atom stereocenters. The molecule has 0 aliphatic carbocycles. The molecule has 3 N–H and O–H groups in total. The van der Waals surface area contributed by atoms with Crippen LogP contribution in [-0.4, -0.2) is 23.6 Å². The van der Waals surface area contributed by atoms with Crippen molar-refractivity contribution in [2.45, 2.75) is 6.92 Å². The monoisotopic (exact) mass is 491 g/mol. The van der Waals surface area contributed by atoms with Crippen LogP contribution in [0.15, 0.2) is 79.3 Å². The van der Waals surface area contributed by atoms with Gasteiger partial charge in [0.15, 0.2) is 6.20 Å². The molecule has 178 valence electrons. The van der Waals surface area contributed by atoms with Crippen LogP contribution in [0, 0.1) is 12.1 Å². The van der Waals surface area contributed by atoms with Gasteiger partial charge in [0.1, 0.15) is 11.5 Å². The Morgan fingerprint density at radius 1 is 1.00 bits per heavy atom. The summed E-state index contributed by atoms with van der Waals surface area (Å²) in [6.45, 7) is 1.87. The fourth-order valence-corrected chi connectivity index (χ4v) is 3.49. The second-order valence-electron chi connectivity index (χ2n) is 7.57. The summed E-state index contributed by atoms with van der Waals surface area (Å²) < 4.78 is 8.05. The van der Waals surface area contributed by atoms with Crippen LogP contribution in [0.4, 0.5) is 16.2 Å². The number of aromatic nitrogens is 2. The first-order valence-corrected chi connectivity index (χ1v) is 11.0. The number of aryl methyl sites for hydroxylation is 1. The Morgan fingerprint density at radius 3 is 2.40 bits per heavy atom. The number of rotatable bonds is 6. The number of hydrogen-bond acceptors (Lipinski definition) is 4. The van der Waals surface area contributed by atoms with E-state index in [-0.39, 0.29) is 5.69 Å². The Morgan fingerprint density at radius 2 is 1.71 bits per heavy atom. The van der Waals surface area contributed by atoms with E-state index in [2.05, 4.69) is 16.0 Å². The van der Waals surface area contributed by atoms with Gasteiger partial charge < -0.3 is 30.5 Å². The van der Waals surface area contributed by atoms with Gasteiger partial charge in [-0.1, -0.05) is 11.6 Å². The lowest BCUT2D eigenvalue weighted by molar-refractivity contribution is -0.607. The number of nitrogens with zero attached hydrogens (tertiary/aromatic N) is 2. The first-order valence-electron chi connectivity index (χ1n) is 10.6. The summed E-state index contributed by atoms with van der Waals surface area (Å²) in [4.78, 5) is 24.5. The van der Waals surface area contributed by atoms with E-state index in [0.29, 0.717) is 32.6 Å². The summed E-state index contributed by atoms with van der Waals surface area (Å²) >= 11 is 6.29. The molecule has 0 saturated carbocycles. The van der Waals surface area contributed by atoms with Gasteiger partial charge in [0, 0.05) is 36.2 Å². The molecule has 9 nitrogen and oxygen atoms in total. The molecule has 0 aliphatic heterocycles. The number of hydrogen-bond donors (Lipinski definition) is 3. The minimum atomic E-state index is -0.521. The fourth-order valence-electron chi connectivity index (χ4n) is 3.33. The summed E-state index contributed by atoms with van der Waals surface area (Å²) in [5, 5.41) is 20.4. The molecule has 4 rings (SSSR count). The largest absolute Gasteiger partial charge is 0.618 e. The molecule has 0 spiro atoms. The lowest BCUT2D eigenvalue weighted by Gasteiger charge is -2.15. The molecule has 0 aliphatic rings. The molecular formula is C25H22ClN5O4. The molecule has 0 radical (unpaired) electrons. The van der Waals surface area contributed by atoms with Gasteiger partial charge in [0.05, 0.1) is 17.4 Å². The molecule has 0 saturated heterocycles. The van der Waals surface area contributed by atoms with Gasteiger partial charge in [-0.2, -0.15) is 4.73 Å². The Labute approximate surface area is 206 Å². The van der Waals surface area contributed by atoms with Crippen LogP contribution in [0.1, 0.15) is 16.1 Å². The summed E-state index contributed by atoms with van der Waals surface area (Å²) in [6.07, 6.45) is 4.92. The number of carbonyl (C=O) groups is 2. The molecular weight excluding hydrogens is 470 g/mol. The maximum atomic E-state index is 12.7. The zero-order valence-electron chi connectivity index (χ0n) is 18.9. The maximum absolute atomic E-state index is 12.7. The first kappa shape index (κ1) is 23.7. The lowest BCUT2D eigenvalue weighted by atomic mass is 10.2. The van der Waals surface area contributed by atoms with Crippen LogP contribution < -0.4 is 25.4 Å². The third kappa shape index (κ3) is 5.53. The van der Waals surface area contributed by atoms with Crippen LogP contribution in [-0.2, 0) is 0 Å². The van der Waals surface area contributed by atoms with Gasteiger partial charge in [-0.05, 0) is 61.0 Å². The van der Waals surface area contributed by atoms with Crippen molar-refractivity contribution >= 4 is 34.9 Å². The van der Waals surface area contributed by atoms with E-state index in [4.69, 9.17) is 16.3 Å². The van der Waals surface area contributed by atoms with Crippen LogP contribution in [0.2, 0.25) is 5.02 Å². The van der Waals surface area contributed by atoms with Crippen LogP contribution >= 0.6 is 11.6 Å². The topological polar surface area (TPSA) is 111 Å². The first-order chi connectivity index (χ1) is 16.8. The fraction of sp³-hybridized carbons (Fsp3) is 0.0800. The average molecular weight is 492 g/mol. The van der Waals surface area contributed by atoms with E-state index >= 15 is 0 Å². The molecule has 2 aromatic heterocycles. The van der Waals surface area contributed by atoms with E-state index in [1.807, 2.05) is 42.1 Å². The molecule has 2 heterocycles. The highest BCUT2D eigenvalue weighted by Gasteiger charge is 2.16. The number of urea groups is 1. The highest BCUT2D eigenvalue weighted by atomic mass is 35.5. The Balaban J connectivity index is 1.44. The molecule has 0 bridgehead atoms. The summed E-state index contributed by atoms with van der Waals surface area (Å²) in [5.41, 5.74) is 2.63. The molecule has 10 heteroatoms. The maximum Gasteiger partial charge on any atom is 0.323 e. The Kier molecular flexibility index (Phi) is 6.88. The van der Waals surface area contributed by atoms with Crippen molar-refractivity contribution in [3.63, 3.8) is 0 Å². The normalized spacial score (nSPS) is 10.5. The van der Waals surface area contributed by atoms with Gasteiger partial charge in [0.25, 0.3) is 5.69 Å². The van der Waals surface area contributed by atoms with Gasteiger partial charge in [-0.15, -0.1) is 0 Å². The zero-order valence-corrected chi connectivity index (χ0v) is 19.7. The van der Waals surface area contributed by atoms with Gasteiger partial charge in [-0.25, -0.2) is 4.79 Å². The van der Waals surface area contributed by atoms with Crippen molar-refractivity contribution in [2.24, 2.45) is 0 Å². The molecule has 35 heavy (non-hydrogen) atoms. The quantitative estimate of drug-likeness (QED) is 0.264. The minimum Gasteiger partial charge on any atom is -0.618 e. The third-order valence-electron chi connectivity index (χ3n) is 5.11. The average Bonchev–Trinajstić information content (AvgIpc) is 3.38. The summed E-state index contributed by atoms with van der Waals surface area (Å²) in [7, 11) is 1.44. The van der Waals surface area contributed by atoms with Crippen molar-refractivity contribution in [3.05, 3.63) is 101 Å². The molecule has 3 amide bonds. The minimum absolute atomic E-state index is 0.0864. The Bertz CT molecular complexity index is 1370. The SMILES string of the molecule is CNC(=O)c1cc(Oc2ccc(NC(=O)Nc3cc(C)c(Cl)cc3-n3cccc3)cc2)cc[n+]1[O-].